The maximum Gasteiger partial charge on any atom is 0.241 e. The molecule has 1 aliphatic heterocycles. The van der Waals surface area contributed by atoms with Crippen molar-refractivity contribution < 1.29 is 13.9 Å². The summed E-state index contributed by atoms with van der Waals surface area (Å²) in [6, 6.07) is 1.16. The first kappa shape index (κ1) is 11.8. The second-order valence-electron chi connectivity index (χ2n) is 3.86. The van der Waals surface area contributed by atoms with Crippen LogP contribution in [-0.2, 0) is 4.79 Å². The Morgan fingerprint density at radius 2 is 2.53 bits per heavy atom. The van der Waals surface area contributed by atoms with E-state index in [4.69, 9.17) is 4.74 Å². The van der Waals surface area contributed by atoms with Crippen molar-refractivity contribution in [2.24, 2.45) is 0 Å². The summed E-state index contributed by atoms with van der Waals surface area (Å²) in [5, 5.41) is 5.48. The van der Waals surface area contributed by atoms with Gasteiger partial charge >= 0.3 is 0 Å². The molecule has 2 N–H and O–H groups in total. The number of halogens is 1. The lowest BCUT2D eigenvalue weighted by Gasteiger charge is -2.12. The zero-order chi connectivity index (χ0) is 12.3. The van der Waals surface area contributed by atoms with Gasteiger partial charge in [-0.1, -0.05) is 0 Å². The molecule has 0 saturated carbocycles. The van der Waals surface area contributed by atoms with Gasteiger partial charge in [-0.3, -0.25) is 9.78 Å². The summed E-state index contributed by atoms with van der Waals surface area (Å²) < 4.78 is 18.0. The van der Waals surface area contributed by atoms with E-state index in [0.717, 1.165) is 0 Å². The number of aromatic nitrogens is 1. The van der Waals surface area contributed by atoms with Crippen LogP contribution in [0.1, 0.15) is 6.42 Å². The third-order valence-corrected chi connectivity index (χ3v) is 2.65. The Morgan fingerprint density at radius 1 is 1.71 bits per heavy atom. The van der Waals surface area contributed by atoms with Gasteiger partial charge < -0.3 is 15.4 Å². The molecule has 1 fully saturated rings. The van der Waals surface area contributed by atoms with Crippen LogP contribution in [0.25, 0.3) is 0 Å². The number of pyridine rings is 1. The third-order valence-electron chi connectivity index (χ3n) is 2.65. The van der Waals surface area contributed by atoms with E-state index in [0.29, 0.717) is 11.4 Å². The fraction of sp³-hybridized carbons (Fsp3) is 0.455. The summed E-state index contributed by atoms with van der Waals surface area (Å²) in [5.74, 6) is 0.264. The van der Waals surface area contributed by atoms with E-state index in [9.17, 15) is 9.18 Å². The minimum Gasteiger partial charge on any atom is -0.494 e. The molecule has 0 spiro atoms. The van der Waals surface area contributed by atoms with E-state index in [1.165, 1.54) is 13.3 Å². The number of methoxy groups -OCH3 is 1. The molecule has 0 bridgehead atoms. The van der Waals surface area contributed by atoms with Crippen LogP contribution in [-0.4, -0.2) is 36.8 Å². The highest BCUT2D eigenvalue weighted by Crippen LogP contribution is 2.22. The Labute approximate surface area is 98.4 Å². The van der Waals surface area contributed by atoms with Crippen molar-refractivity contribution in [2.75, 3.05) is 19.0 Å². The number of ether oxygens (including phenoxy) is 1. The third kappa shape index (κ3) is 2.71. The van der Waals surface area contributed by atoms with Crippen LogP contribution in [0.5, 0.6) is 5.75 Å². The Bertz CT molecular complexity index is 413. The summed E-state index contributed by atoms with van der Waals surface area (Å²) in [4.78, 5) is 15.7. The zero-order valence-corrected chi connectivity index (χ0v) is 9.44. The molecule has 1 saturated heterocycles. The number of alkyl halides is 1. The maximum absolute atomic E-state index is 12.9. The number of nitrogens with one attached hydrogen (secondary N) is 2. The van der Waals surface area contributed by atoms with Crippen molar-refractivity contribution in [2.45, 2.75) is 18.6 Å². The molecule has 17 heavy (non-hydrogen) atoms. The minimum absolute atomic E-state index is 0.203. The average Bonchev–Trinajstić information content (AvgIpc) is 2.77. The molecule has 6 heteroatoms. The molecular formula is C11H14FN3O2. The molecule has 1 aliphatic rings. The Kier molecular flexibility index (Phi) is 3.53. The van der Waals surface area contributed by atoms with Gasteiger partial charge in [0, 0.05) is 25.2 Å². The second kappa shape index (κ2) is 5.09. The summed E-state index contributed by atoms with van der Waals surface area (Å²) in [6.07, 6.45) is 2.31. The van der Waals surface area contributed by atoms with E-state index in [-0.39, 0.29) is 18.9 Å². The highest BCUT2D eigenvalue weighted by molar-refractivity contribution is 5.96. The van der Waals surface area contributed by atoms with Gasteiger partial charge in [0.25, 0.3) is 0 Å². The predicted octanol–water partition coefficient (Wildman–Crippen LogP) is 0.729. The molecule has 0 unspecified atom stereocenters. The summed E-state index contributed by atoms with van der Waals surface area (Å²) in [5.41, 5.74) is 0.490. The van der Waals surface area contributed by atoms with Crippen LogP contribution in [0.2, 0.25) is 0 Å². The number of rotatable bonds is 3. The van der Waals surface area contributed by atoms with Crippen LogP contribution >= 0.6 is 0 Å². The number of anilines is 1. The first-order valence-corrected chi connectivity index (χ1v) is 5.37. The Balaban J connectivity index is 2.03. The van der Waals surface area contributed by atoms with Crippen LogP contribution in [0.4, 0.5) is 10.1 Å². The molecule has 2 rings (SSSR count). The van der Waals surface area contributed by atoms with Crippen LogP contribution in [0.15, 0.2) is 18.5 Å². The lowest BCUT2D eigenvalue weighted by Crippen LogP contribution is -2.35. The van der Waals surface area contributed by atoms with Gasteiger partial charge in [0.1, 0.15) is 17.6 Å². The number of nitrogens with zero attached hydrogens (tertiary/aromatic N) is 1. The van der Waals surface area contributed by atoms with E-state index >= 15 is 0 Å². The van der Waals surface area contributed by atoms with Gasteiger partial charge in [0.15, 0.2) is 0 Å². The van der Waals surface area contributed by atoms with Crippen LogP contribution in [0.3, 0.4) is 0 Å². The normalized spacial score (nSPS) is 23.4. The topological polar surface area (TPSA) is 63.2 Å². The molecule has 0 radical (unpaired) electrons. The molecular weight excluding hydrogens is 225 g/mol. The quantitative estimate of drug-likeness (QED) is 0.816. The predicted molar refractivity (Wildman–Crippen MR) is 60.7 cm³/mol. The van der Waals surface area contributed by atoms with Gasteiger partial charge in [0.05, 0.1) is 19.3 Å². The van der Waals surface area contributed by atoms with Crippen molar-refractivity contribution in [3.05, 3.63) is 18.5 Å². The first-order chi connectivity index (χ1) is 8.20. The highest BCUT2D eigenvalue weighted by atomic mass is 19.1. The molecule has 5 nitrogen and oxygen atoms in total. The molecule has 0 aliphatic carbocycles. The van der Waals surface area contributed by atoms with Gasteiger partial charge in [-0.15, -0.1) is 0 Å². The van der Waals surface area contributed by atoms with Crippen molar-refractivity contribution >= 4 is 11.6 Å². The number of carbonyl (C=O) groups excluding carboxylic acids is 1. The van der Waals surface area contributed by atoms with Gasteiger partial charge in [-0.2, -0.15) is 0 Å². The number of hydrogen-bond donors (Lipinski definition) is 2. The van der Waals surface area contributed by atoms with Crippen molar-refractivity contribution in [1.29, 1.82) is 0 Å². The van der Waals surface area contributed by atoms with E-state index in [1.807, 2.05) is 0 Å². The fourth-order valence-corrected chi connectivity index (χ4v) is 1.77. The van der Waals surface area contributed by atoms with E-state index in [1.54, 1.807) is 12.3 Å². The Morgan fingerprint density at radius 3 is 3.18 bits per heavy atom. The monoisotopic (exact) mass is 239 g/mol. The molecule has 1 aromatic heterocycles. The molecule has 2 atom stereocenters. The molecule has 1 amide bonds. The second-order valence-corrected chi connectivity index (χ2v) is 3.86. The Hall–Kier alpha value is -1.69. The minimum atomic E-state index is -0.957. The summed E-state index contributed by atoms with van der Waals surface area (Å²) >= 11 is 0. The fourth-order valence-electron chi connectivity index (χ4n) is 1.77. The average molecular weight is 239 g/mol. The van der Waals surface area contributed by atoms with Gasteiger partial charge in [-0.05, 0) is 0 Å². The first-order valence-electron chi connectivity index (χ1n) is 5.37. The van der Waals surface area contributed by atoms with E-state index in [2.05, 4.69) is 15.6 Å². The standard InChI is InChI=1S/C11H14FN3O2/c1-17-10-2-3-13-6-9(10)15-11(16)8-4-7(12)5-14-8/h2-3,6-8,14H,4-5H2,1H3,(H,15,16)/t7-,8+/m0/s1. The SMILES string of the molecule is COc1ccncc1NC(=O)[C@H]1C[C@H](F)CN1. The zero-order valence-electron chi connectivity index (χ0n) is 9.44. The molecule has 0 aromatic carbocycles. The van der Waals surface area contributed by atoms with E-state index < -0.39 is 12.2 Å². The van der Waals surface area contributed by atoms with Crippen LogP contribution in [0, 0.1) is 0 Å². The summed E-state index contributed by atoms with van der Waals surface area (Å²) in [7, 11) is 1.51. The van der Waals surface area contributed by atoms with Crippen molar-refractivity contribution in [3.63, 3.8) is 0 Å². The van der Waals surface area contributed by atoms with Gasteiger partial charge in [-0.25, -0.2) is 4.39 Å². The lowest BCUT2D eigenvalue weighted by atomic mass is 10.2. The molecule has 2 heterocycles. The summed E-state index contributed by atoms with van der Waals surface area (Å²) in [6.45, 7) is 0.224. The van der Waals surface area contributed by atoms with Crippen molar-refractivity contribution in [3.8, 4) is 5.75 Å². The smallest absolute Gasteiger partial charge is 0.241 e. The highest BCUT2D eigenvalue weighted by Gasteiger charge is 2.29. The number of hydrogen-bond acceptors (Lipinski definition) is 4. The molecule has 1 aromatic rings. The van der Waals surface area contributed by atoms with Crippen LogP contribution < -0.4 is 15.4 Å². The number of carbonyl (C=O) groups is 1. The largest absolute Gasteiger partial charge is 0.494 e. The molecule has 92 valence electrons. The lowest BCUT2D eigenvalue weighted by molar-refractivity contribution is -0.117. The van der Waals surface area contributed by atoms with Gasteiger partial charge in [0.2, 0.25) is 5.91 Å². The number of amides is 1. The van der Waals surface area contributed by atoms with Crippen molar-refractivity contribution in [1.82, 2.24) is 10.3 Å². The maximum atomic E-state index is 12.9.